The van der Waals surface area contributed by atoms with E-state index in [0.29, 0.717) is 24.6 Å². The first-order chi connectivity index (χ1) is 7.69. The SMILES string of the molecule is COc1nccnc1C(=O)CCC(C)CN. The Bertz CT molecular complexity index is 355. The quantitative estimate of drug-likeness (QED) is 0.729. The zero-order valence-corrected chi connectivity index (χ0v) is 9.64. The van der Waals surface area contributed by atoms with Crippen molar-refractivity contribution in [1.29, 1.82) is 0 Å². The molecule has 0 saturated heterocycles. The molecule has 1 aromatic rings. The summed E-state index contributed by atoms with van der Waals surface area (Å²) in [6.07, 6.45) is 4.17. The molecule has 0 aliphatic carbocycles. The Kier molecular flexibility index (Phi) is 4.85. The molecule has 0 fully saturated rings. The number of nitrogens with two attached hydrogens (primary N) is 1. The molecule has 0 aliphatic rings. The summed E-state index contributed by atoms with van der Waals surface area (Å²) in [6, 6.07) is 0. The van der Waals surface area contributed by atoms with Gasteiger partial charge in [0.2, 0.25) is 5.88 Å². The van der Waals surface area contributed by atoms with Crippen LogP contribution in [0.1, 0.15) is 30.3 Å². The van der Waals surface area contributed by atoms with E-state index in [1.165, 1.54) is 19.5 Å². The van der Waals surface area contributed by atoms with Crippen molar-refractivity contribution < 1.29 is 9.53 Å². The standard InChI is InChI=1S/C11H17N3O2/c1-8(7-12)3-4-9(15)10-11(16-2)14-6-5-13-10/h5-6,8H,3-4,7,12H2,1-2H3. The molecule has 0 spiro atoms. The van der Waals surface area contributed by atoms with Gasteiger partial charge in [-0.25, -0.2) is 9.97 Å². The third-order valence-electron chi connectivity index (χ3n) is 2.39. The number of carbonyl (C=O) groups is 1. The molecule has 1 unspecified atom stereocenters. The van der Waals surface area contributed by atoms with Crippen molar-refractivity contribution in [2.75, 3.05) is 13.7 Å². The lowest BCUT2D eigenvalue weighted by Crippen LogP contribution is -2.13. The molecule has 88 valence electrons. The molecule has 1 heterocycles. The molecular formula is C11H17N3O2. The largest absolute Gasteiger partial charge is 0.479 e. The van der Waals surface area contributed by atoms with Crippen LogP contribution in [-0.2, 0) is 0 Å². The van der Waals surface area contributed by atoms with Crippen molar-refractivity contribution in [2.45, 2.75) is 19.8 Å². The first kappa shape index (κ1) is 12.6. The van der Waals surface area contributed by atoms with Crippen molar-refractivity contribution in [3.8, 4) is 5.88 Å². The van der Waals surface area contributed by atoms with E-state index in [0.717, 1.165) is 6.42 Å². The Hall–Kier alpha value is -1.49. The van der Waals surface area contributed by atoms with Gasteiger partial charge in [-0.1, -0.05) is 6.92 Å². The maximum Gasteiger partial charge on any atom is 0.243 e. The van der Waals surface area contributed by atoms with Crippen molar-refractivity contribution in [2.24, 2.45) is 11.7 Å². The van der Waals surface area contributed by atoms with E-state index in [2.05, 4.69) is 9.97 Å². The van der Waals surface area contributed by atoms with Crippen molar-refractivity contribution in [3.05, 3.63) is 18.1 Å². The van der Waals surface area contributed by atoms with Crippen LogP contribution in [0.15, 0.2) is 12.4 Å². The molecule has 16 heavy (non-hydrogen) atoms. The van der Waals surface area contributed by atoms with E-state index in [1.54, 1.807) is 0 Å². The number of hydrogen-bond donors (Lipinski definition) is 1. The second-order valence-corrected chi connectivity index (χ2v) is 3.72. The van der Waals surface area contributed by atoms with Crippen LogP contribution in [0.5, 0.6) is 5.88 Å². The molecule has 5 nitrogen and oxygen atoms in total. The molecule has 5 heteroatoms. The van der Waals surface area contributed by atoms with E-state index < -0.39 is 0 Å². The van der Waals surface area contributed by atoms with Crippen molar-refractivity contribution in [1.82, 2.24) is 9.97 Å². The number of Topliss-reactive ketones (excluding diaryl/α,β-unsaturated/α-hetero) is 1. The van der Waals surface area contributed by atoms with Crippen LogP contribution in [0.2, 0.25) is 0 Å². The van der Waals surface area contributed by atoms with E-state index in [4.69, 9.17) is 10.5 Å². The summed E-state index contributed by atoms with van der Waals surface area (Å²) in [7, 11) is 1.48. The number of ketones is 1. The Morgan fingerprint density at radius 3 is 2.81 bits per heavy atom. The molecule has 0 saturated carbocycles. The minimum absolute atomic E-state index is 0.0507. The normalized spacial score (nSPS) is 12.2. The fraction of sp³-hybridized carbons (Fsp3) is 0.545. The van der Waals surface area contributed by atoms with Gasteiger partial charge in [-0.05, 0) is 18.9 Å². The summed E-state index contributed by atoms with van der Waals surface area (Å²) in [5.41, 5.74) is 5.79. The number of nitrogens with zero attached hydrogens (tertiary/aromatic N) is 2. The van der Waals surface area contributed by atoms with Gasteiger partial charge in [-0.3, -0.25) is 4.79 Å². The summed E-state index contributed by atoms with van der Waals surface area (Å²) in [5, 5.41) is 0. The topological polar surface area (TPSA) is 78.1 Å². The predicted octanol–water partition coefficient (Wildman–Crippen LogP) is 1.04. The molecule has 0 amide bonds. The summed E-state index contributed by atoms with van der Waals surface area (Å²) >= 11 is 0. The molecule has 2 N–H and O–H groups in total. The van der Waals surface area contributed by atoms with Crippen LogP contribution < -0.4 is 10.5 Å². The smallest absolute Gasteiger partial charge is 0.243 e. The fourth-order valence-corrected chi connectivity index (χ4v) is 1.28. The Balaban J connectivity index is 2.65. The van der Waals surface area contributed by atoms with Gasteiger partial charge in [0.15, 0.2) is 11.5 Å². The van der Waals surface area contributed by atoms with E-state index in [9.17, 15) is 4.79 Å². The lowest BCUT2D eigenvalue weighted by molar-refractivity contribution is 0.0966. The Morgan fingerprint density at radius 2 is 2.19 bits per heavy atom. The van der Waals surface area contributed by atoms with Gasteiger partial charge in [-0.2, -0.15) is 0 Å². The van der Waals surface area contributed by atoms with Crippen LogP contribution in [0.3, 0.4) is 0 Å². The van der Waals surface area contributed by atoms with Crippen LogP contribution in [-0.4, -0.2) is 29.4 Å². The number of hydrogen-bond acceptors (Lipinski definition) is 5. The summed E-state index contributed by atoms with van der Waals surface area (Å²) in [6.45, 7) is 2.60. The van der Waals surface area contributed by atoms with Crippen LogP contribution in [0.4, 0.5) is 0 Å². The van der Waals surface area contributed by atoms with Gasteiger partial charge in [0.1, 0.15) is 0 Å². The van der Waals surface area contributed by atoms with Crippen LogP contribution >= 0.6 is 0 Å². The van der Waals surface area contributed by atoms with E-state index in [-0.39, 0.29) is 11.7 Å². The highest BCUT2D eigenvalue weighted by atomic mass is 16.5. The molecular weight excluding hydrogens is 206 g/mol. The first-order valence-electron chi connectivity index (χ1n) is 5.27. The molecule has 0 radical (unpaired) electrons. The minimum Gasteiger partial charge on any atom is -0.479 e. The van der Waals surface area contributed by atoms with Crippen LogP contribution in [0, 0.1) is 5.92 Å². The predicted molar refractivity (Wildman–Crippen MR) is 60.4 cm³/mol. The summed E-state index contributed by atoms with van der Waals surface area (Å²) in [4.78, 5) is 19.7. The fourth-order valence-electron chi connectivity index (χ4n) is 1.28. The number of carbonyl (C=O) groups excluding carboxylic acids is 1. The maximum absolute atomic E-state index is 11.8. The third-order valence-corrected chi connectivity index (χ3v) is 2.39. The molecule has 0 bridgehead atoms. The number of ether oxygens (including phenoxy) is 1. The molecule has 1 aromatic heterocycles. The number of rotatable bonds is 6. The molecule has 0 aliphatic heterocycles. The molecule has 0 aromatic carbocycles. The van der Waals surface area contributed by atoms with E-state index >= 15 is 0 Å². The van der Waals surface area contributed by atoms with Gasteiger partial charge in [0.25, 0.3) is 0 Å². The summed E-state index contributed by atoms with van der Waals surface area (Å²) < 4.78 is 4.98. The highest BCUT2D eigenvalue weighted by molar-refractivity contribution is 5.96. The number of aromatic nitrogens is 2. The van der Waals surface area contributed by atoms with Gasteiger partial charge < -0.3 is 10.5 Å². The minimum atomic E-state index is -0.0507. The van der Waals surface area contributed by atoms with Gasteiger partial charge in [0, 0.05) is 18.8 Å². The van der Waals surface area contributed by atoms with Gasteiger partial charge >= 0.3 is 0 Å². The zero-order valence-electron chi connectivity index (χ0n) is 9.64. The second kappa shape index (κ2) is 6.17. The Labute approximate surface area is 95.0 Å². The van der Waals surface area contributed by atoms with Crippen molar-refractivity contribution >= 4 is 5.78 Å². The lowest BCUT2D eigenvalue weighted by atomic mass is 10.0. The average molecular weight is 223 g/mol. The van der Waals surface area contributed by atoms with Crippen molar-refractivity contribution in [3.63, 3.8) is 0 Å². The highest BCUT2D eigenvalue weighted by Gasteiger charge is 2.15. The maximum atomic E-state index is 11.8. The lowest BCUT2D eigenvalue weighted by Gasteiger charge is -2.08. The van der Waals surface area contributed by atoms with Gasteiger partial charge in [0.05, 0.1) is 7.11 Å². The molecule has 1 rings (SSSR count). The number of methoxy groups -OCH3 is 1. The zero-order chi connectivity index (χ0) is 12.0. The highest BCUT2D eigenvalue weighted by Crippen LogP contribution is 2.15. The second-order valence-electron chi connectivity index (χ2n) is 3.72. The Morgan fingerprint density at radius 1 is 1.50 bits per heavy atom. The van der Waals surface area contributed by atoms with E-state index in [1.807, 2.05) is 6.92 Å². The third kappa shape index (κ3) is 3.27. The van der Waals surface area contributed by atoms with Crippen LogP contribution in [0.25, 0.3) is 0 Å². The van der Waals surface area contributed by atoms with Gasteiger partial charge in [-0.15, -0.1) is 0 Å². The average Bonchev–Trinajstić information content (AvgIpc) is 2.35. The molecule has 1 atom stereocenters. The monoisotopic (exact) mass is 223 g/mol. The summed E-state index contributed by atoms with van der Waals surface area (Å²) in [5.74, 6) is 0.574. The first-order valence-corrected chi connectivity index (χ1v) is 5.27.